The minimum Gasteiger partial charge on any atom is -0.497 e. The van der Waals surface area contributed by atoms with Gasteiger partial charge in [-0.15, -0.1) is 0 Å². The molecule has 4 nitrogen and oxygen atoms in total. The molecule has 0 aliphatic heterocycles. The van der Waals surface area contributed by atoms with Gasteiger partial charge in [-0.05, 0) is 53.1 Å². The summed E-state index contributed by atoms with van der Waals surface area (Å²) in [6, 6.07) is 22.8. The lowest BCUT2D eigenvalue weighted by molar-refractivity contribution is 0.0697. The standard InChI is InChI=1S/C22H20O4/c1-25-19-11-7-16(8-12-19)21(17-9-13-20(26-2)14-10-17)15-3-5-18(6-4-15)22(23)24/h3-14,21H,1-2H3,(H,23,24). The van der Waals surface area contributed by atoms with Crippen LogP contribution in [0.1, 0.15) is 33.0 Å². The first kappa shape index (κ1) is 17.5. The molecule has 3 aromatic rings. The smallest absolute Gasteiger partial charge is 0.335 e. The van der Waals surface area contributed by atoms with Crippen molar-refractivity contribution >= 4 is 5.97 Å². The third kappa shape index (κ3) is 3.70. The van der Waals surface area contributed by atoms with Crippen molar-refractivity contribution in [2.24, 2.45) is 0 Å². The van der Waals surface area contributed by atoms with E-state index in [1.807, 2.05) is 60.7 Å². The second-order valence-electron chi connectivity index (χ2n) is 5.91. The molecule has 0 atom stereocenters. The van der Waals surface area contributed by atoms with Gasteiger partial charge in [0.25, 0.3) is 0 Å². The van der Waals surface area contributed by atoms with Gasteiger partial charge in [-0.2, -0.15) is 0 Å². The third-order valence-corrected chi connectivity index (χ3v) is 4.39. The summed E-state index contributed by atoms with van der Waals surface area (Å²) in [5, 5.41) is 9.14. The van der Waals surface area contributed by atoms with E-state index in [4.69, 9.17) is 14.6 Å². The largest absolute Gasteiger partial charge is 0.497 e. The average Bonchev–Trinajstić information content (AvgIpc) is 2.69. The van der Waals surface area contributed by atoms with E-state index in [-0.39, 0.29) is 11.5 Å². The van der Waals surface area contributed by atoms with Crippen molar-refractivity contribution in [1.82, 2.24) is 0 Å². The Balaban J connectivity index is 2.06. The Bertz CT molecular complexity index is 818. The van der Waals surface area contributed by atoms with Crippen LogP contribution in [0.15, 0.2) is 72.8 Å². The van der Waals surface area contributed by atoms with E-state index in [1.54, 1.807) is 26.4 Å². The number of methoxy groups -OCH3 is 2. The van der Waals surface area contributed by atoms with Crippen molar-refractivity contribution in [2.45, 2.75) is 5.92 Å². The zero-order chi connectivity index (χ0) is 18.5. The molecule has 0 amide bonds. The first-order valence-corrected chi connectivity index (χ1v) is 8.23. The Morgan fingerprint density at radius 3 is 1.35 bits per heavy atom. The molecule has 0 fully saturated rings. The minimum atomic E-state index is -0.929. The molecule has 0 aliphatic carbocycles. The highest BCUT2D eigenvalue weighted by Crippen LogP contribution is 2.33. The maximum absolute atomic E-state index is 11.1. The van der Waals surface area contributed by atoms with Crippen molar-refractivity contribution in [2.75, 3.05) is 14.2 Å². The molecule has 3 aromatic carbocycles. The van der Waals surface area contributed by atoms with Crippen LogP contribution < -0.4 is 9.47 Å². The molecule has 26 heavy (non-hydrogen) atoms. The number of carbonyl (C=O) groups is 1. The number of hydrogen-bond donors (Lipinski definition) is 1. The zero-order valence-electron chi connectivity index (χ0n) is 14.7. The molecule has 4 heteroatoms. The topological polar surface area (TPSA) is 55.8 Å². The van der Waals surface area contributed by atoms with Gasteiger partial charge in [0.05, 0.1) is 19.8 Å². The number of benzene rings is 3. The van der Waals surface area contributed by atoms with E-state index in [0.717, 1.165) is 28.2 Å². The van der Waals surface area contributed by atoms with E-state index in [0.29, 0.717) is 0 Å². The molecule has 0 spiro atoms. The third-order valence-electron chi connectivity index (χ3n) is 4.39. The van der Waals surface area contributed by atoms with Crippen LogP contribution in [0.5, 0.6) is 11.5 Å². The SMILES string of the molecule is COc1ccc(C(c2ccc(OC)cc2)c2ccc(C(=O)O)cc2)cc1. The summed E-state index contributed by atoms with van der Waals surface area (Å²) in [5.41, 5.74) is 3.49. The lowest BCUT2D eigenvalue weighted by Gasteiger charge is -2.20. The summed E-state index contributed by atoms with van der Waals surface area (Å²) < 4.78 is 10.5. The summed E-state index contributed by atoms with van der Waals surface area (Å²) in [7, 11) is 3.28. The van der Waals surface area contributed by atoms with Crippen LogP contribution in [0.3, 0.4) is 0 Å². The Morgan fingerprint density at radius 2 is 1.04 bits per heavy atom. The minimum absolute atomic E-state index is 0.0188. The molecule has 1 N–H and O–H groups in total. The second kappa shape index (κ2) is 7.74. The molecule has 0 heterocycles. The van der Waals surface area contributed by atoms with Crippen LogP contribution in [0, 0.1) is 0 Å². The average molecular weight is 348 g/mol. The van der Waals surface area contributed by atoms with Crippen LogP contribution >= 0.6 is 0 Å². The number of carboxylic acids is 1. The van der Waals surface area contributed by atoms with E-state index >= 15 is 0 Å². The molecule has 3 rings (SSSR count). The van der Waals surface area contributed by atoms with Crippen LogP contribution in [0.4, 0.5) is 0 Å². The summed E-state index contributed by atoms with van der Waals surface area (Å²) in [5.74, 6) is 0.642. The lowest BCUT2D eigenvalue weighted by Crippen LogP contribution is -2.05. The van der Waals surface area contributed by atoms with Gasteiger partial charge in [-0.25, -0.2) is 4.79 Å². The maximum Gasteiger partial charge on any atom is 0.335 e. The lowest BCUT2D eigenvalue weighted by atomic mass is 9.85. The summed E-state index contributed by atoms with van der Waals surface area (Å²) in [6.45, 7) is 0. The van der Waals surface area contributed by atoms with E-state index < -0.39 is 5.97 Å². The molecular weight excluding hydrogens is 328 g/mol. The van der Waals surface area contributed by atoms with Crippen molar-refractivity contribution in [1.29, 1.82) is 0 Å². The van der Waals surface area contributed by atoms with Crippen LogP contribution in [-0.4, -0.2) is 25.3 Å². The van der Waals surface area contributed by atoms with Crippen LogP contribution in [0.25, 0.3) is 0 Å². The number of rotatable bonds is 6. The van der Waals surface area contributed by atoms with Crippen molar-refractivity contribution < 1.29 is 19.4 Å². The van der Waals surface area contributed by atoms with Gasteiger partial charge in [-0.3, -0.25) is 0 Å². The molecule has 0 unspecified atom stereocenters. The highest BCUT2D eigenvalue weighted by molar-refractivity contribution is 5.87. The molecule has 0 saturated heterocycles. The summed E-state index contributed by atoms with van der Waals surface area (Å²) in [6.07, 6.45) is 0. The number of hydrogen-bond acceptors (Lipinski definition) is 3. The first-order chi connectivity index (χ1) is 12.6. The molecule has 0 aromatic heterocycles. The number of carboxylic acid groups (broad SMARTS) is 1. The molecule has 0 bridgehead atoms. The summed E-state index contributed by atoms with van der Waals surface area (Å²) in [4.78, 5) is 11.1. The van der Waals surface area contributed by atoms with Gasteiger partial charge in [0, 0.05) is 5.92 Å². The quantitative estimate of drug-likeness (QED) is 0.662. The number of aromatic carboxylic acids is 1. The van der Waals surface area contributed by atoms with Gasteiger partial charge >= 0.3 is 5.97 Å². The fraction of sp³-hybridized carbons (Fsp3) is 0.136. The van der Waals surface area contributed by atoms with Crippen molar-refractivity contribution in [3.8, 4) is 11.5 Å². The predicted molar refractivity (Wildman–Crippen MR) is 100 cm³/mol. The van der Waals surface area contributed by atoms with Gasteiger partial charge < -0.3 is 14.6 Å². The molecule has 0 radical (unpaired) electrons. The van der Waals surface area contributed by atoms with Crippen LogP contribution in [0.2, 0.25) is 0 Å². The first-order valence-electron chi connectivity index (χ1n) is 8.23. The van der Waals surface area contributed by atoms with Gasteiger partial charge in [0.15, 0.2) is 0 Å². The Morgan fingerprint density at radius 1 is 0.692 bits per heavy atom. The molecular formula is C22H20O4. The summed E-state index contributed by atoms with van der Waals surface area (Å²) >= 11 is 0. The fourth-order valence-corrected chi connectivity index (χ4v) is 2.99. The van der Waals surface area contributed by atoms with Crippen LogP contribution in [-0.2, 0) is 0 Å². The van der Waals surface area contributed by atoms with E-state index in [1.165, 1.54) is 0 Å². The Labute approximate surface area is 152 Å². The Hall–Kier alpha value is -3.27. The van der Waals surface area contributed by atoms with Crippen molar-refractivity contribution in [3.63, 3.8) is 0 Å². The Kier molecular flexibility index (Phi) is 5.23. The number of ether oxygens (including phenoxy) is 2. The predicted octanol–water partition coefficient (Wildman–Crippen LogP) is 4.58. The van der Waals surface area contributed by atoms with E-state index in [2.05, 4.69) is 0 Å². The van der Waals surface area contributed by atoms with Gasteiger partial charge in [0.2, 0.25) is 0 Å². The molecule has 0 aliphatic rings. The van der Waals surface area contributed by atoms with Gasteiger partial charge in [0.1, 0.15) is 11.5 Å². The highest BCUT2D eigenvalue weighted by atomic mass is 16.5. The van der Waals surface area contributed by atoms with Crippen molar-refractivity contribution in [3.05, 3.63) is 95.1 Å². The fourth-order valence-electron chi connectivity index (χ4n) is 2.99. The highest BCUT2D eigenvalue weighted by Gasteiger charge is 2.17. The monoisotopic (exact) mass is 348 g/mol. The molecule has 132 valence electrons. The maximum atomic E-state index is 11.1. The second-order valence-corrected chi connectivity index (χ2v) is 5.91. The zero-order valence-corrected chi connectivity index (χ0v) is 14.7. The normalized spacial score (nSPS) is 10.6. The van der Waals surface area contributed by atoms with Gasteiger partial charge in [-0.1, -0.05) is 36.4 Å². The molecule has 0 saturated carbocycles. The van der Waals surface area contributed by atoms with E-state index in [9.17, 15) is 4.79 Å².